The van der Waals surface area contributed by atoms with E-state index in [0.29, 0.717) is 10.8 Å². The van der Waals surface area contributed by atoms with Crippen molar-refractivity contribution in [3.05, 3.63) is 41.2 Å². The van der Waals surface area contributed by atoms with Crippen LogP contribution in [0.15, 0.2) is 24.2 Å². The van der Waals surface area contributed by atoms with Crippen LogP contribution in [0, 0.1) is 18.2 Å². The van der Waals surface area contributed by atoms with E-state index in [1.165, 1.54) is 12.1 Å². The zero-order valence-corrected chi connectivity index (χ0v) is 10.6. The summed E-state index contributed by atoms with van der Waals surface area (Å²) < 4.78 is 21.6. The smallest absolute Gasteiger partial charge is 0.139 e. The Morgan fingerprint density at radius 3 is 2.61 bits per heavy atom. The maximum Gasteiger partial charge on any atom is 0.139 e. The Morgan fingerprint density at radius 1 is 1.39 bits per heavy atom. The van der Waals surface area contributed by atoms with Crippen LogP contribution in [0.2, 0.25) is 0 Å². The fourth-order valence-electron chi connectivity index (χ4n) is 2.09. The molecule has 0 fully saturated rings. The van der Waals surface area contributed by atoms with E-state index in [0.717, 1.165) is 5.56 Å². The second-order valence-corrected chi connectivity index (χ2v) is 5.33. The quantitative estimate of drug-likeness (QED) is 0.694. The molecule has 0 aliphatic carbocycles. The van der Waals surface area contributed by atoms with Gasteiger partial charge >= 0.3 is 0 Å². The van der Waals surface area contributed by atoms with Gasteiger partial charge in [0, 0.05) is 5.39 Å². The lowest BCUT2D eigenvalue weighted by Gasteiger charge is -2.22. The van der Waals surface area contributed by atoms with E-state index in [4.69, 9.17) is 7.79 Å². The summed E-state index contributed by atoms with van der Waals surface area (Å²) in [6.45, 7) is 5.90. The Morgan fingerprint density at radius 2 is 2.06 bits per heavy atom. The van der Waals surface area contributed by atoms with Gasteiger partial charge in [-0.05, 0) is 34.5 Å². The minimum atomic E-state index is -0.689. The van der Waals surface area contributed by atoms with Crippen molar-refractivity contribution in [3.63, 3.8) is 0 Å². The summed E-state index contributed by atoms with van der Waals surface area (Å²) >= 11 is 0. The molecule has 92 valence electrons. The van der Waals surface area contributed by atoms with Gasteiger partial charge in [0.05, 0.1) is 6.93 Å². The molecule has 0 aromatic heterocycles. The van der Waals surface area contributed by atoms with E-state index in [-0.39, 0.29) is 22.8 Å². The number of aromatic hydroxyl groups is 1. The molecule has 0 saturated heterocycles. The van der Waals surface area contributed by atoms with E-state index in [9.17, 15) is 9.50 Å². The summed E-state index contributed by atoms with van der Waals surface area (Å²) in [5, 5.41) is 11.0. The second-order valence-electron chi connectivity index (χ2n) is 5.33. The fraction of sp³-hybridized carbons (Fsp3) is 0.250. The third-order valence-electron chi connectivity index (χ3n) is 2.93. The molecule has 0 spiro atoms. The van der Waals surface area contributed by atoms with E-state index < -0.39 is 5.82 Å². The van der Waals surface area contributed by atoms with Gasteiger partial charge in [0.15, 0.2) is 0 Å². The number of hydrogen-bond acceptors (Lipinski definition) is 1. The third kappa shape index (κ3) is 1.93. The van der Waals surface area contributed by atoms with Crippen LogP contribution in [0.5, 0.6) is 5.75 Å². The van der Waals surface area contributed by atoms with Gasteiger partial charge in [-0.25, -0.2) is 4.39 Å². The highest BCUT2D eigenvalue weighted by Gasteiger charge is 2.20. The van der Waals surface area contributed by atoms with Crippen LogP contribution >= 0.6 is 0 Å². The van der Waals surface area contributed by atoms with Gasteiger partial charge in [-0.15, -0.1) is 6.42 Å². The molecule has 0 heterocycles. The van der Waals surface area contributed by atoms with Gasteiger partial charge in [-0.3, -0.25) is 0 Å². The predicted molar refractivity (Wildman–Crippen MR) is 72.2 cm³/mol. The molecule has 0 bridgehead atoms. The number of hydrogen-bond donors (Lipinski definition) is 1. The van der Waals surface area contributed by atoms with Crippen LogP contribution in [0.4, 0.5) is 4.39 Å². The number of phenolic OH excluding ortho intramolecular Hbond substituents is 1. The Hall–Kier alpha value is -2.01. The largest absolute Gasteiger partial charge is 0.508 e. The Balaban J connectivity index is 3.06. The maximum absolute atomic E-state index is 14.0. The number of rotatable bonds is 0. The number of fused-ring (bicyclic) bond motifs is 1. The Kier molecular flexibility index (Phi) is 2.48. The lowest BCUT2D eigenvalue weighted by atomic mass is 9.82. The normalized spacial score (nSPS) is 12.3. The first kappa shape index (κ1) is 11.1. The predicted octanol–water partition coefficient (Wildman–Crippen LogP) is 3.96. The van der Waals surface area contributed by atoms with Crippen molar-refractivity contribution in [2.75, 3.05) is 0 Å². The van der Waals surface area contributed by atoms with Crippen LogP contribution in [0.3, 0.4) is 0 Å². The van der Waals surface area contributed by atoms with Crippen LogP contribution in [-0.4, -0.2) is 5.11 Å². The van der Waals surface area contributed by atoms with Crippen molar-refractivity contribution >= 4 is 10.8 Å². The summed E-state index contributed by atoms with van der Waals surface area (Å²) in [4.78, 5) is 0. The molecule has 18 heavy (non-hydrogen) atoms. The molecule has 2 aromatic carbocycles. The van der Waals surface area contributed by atoms with Gasteiger partial charge < -0.3 is 5.11 Å². The number of phenols is 1. The van der Waals surface area contributed by atoms with Crippen LogP contribution < -0.4 is 0 Å². The molecule has 1 nitrogen and oxygen atoms in total. The molecule has 2 rings (SSSR count). The Labute approximate surface area is 108 Å². The molecule has 0 amide bonds. The van der Waals surface area contributed by atoms with Crippen molar-refractivity contribution in [2.45, 2.75) is 26.2 Å². The highest BCUT2D eigenvalue weighted by Crippen LogP contribution is 2.35. The molecule has 2 heteroatoms. The zero-order chi connectivity index (χ0) is 14.4. The van der Waals surface area contributed by atoms with Crippen LogP contribution in [0.25, 0.3) is 10.8 Å². The topological polar surface area (TPSA) is 20.2 Å². The maximum atomic E-state index is 14.0. The highest BCUT2D eigenvalue weighted by atomic mass is 19.1. The van der Waals surface area contributed by atoms with E-state index in [1.54, 1.807) is 6.07 Å². The summed E-state index contributed by atoms with van der Waals surface area (Å²) in [5.74, 6) is 1.73. The average Bonchev–Trinajstić information content (AvgIpc) is 2.29. The highest BCUT2D eigenvalue weighted by molar-refractivity contribution is 5.93. The van der Waals surface area contributed by atoms with Gasteiger partial charge in [0.25, 0.3) is 0 Å². The van der Waals surface area contributed by atoms with Crippen LogP contribution in [0.1, 0.15) is 33.3 Å². The molecule has 0 radical (unpaired) electrons. The van der Waals surface area contributed by atoms with E-state index >= 15 is 0 Å². The van der Waals surface area contributed by atoms with Gasteiger partial charge in [-0.2, -0.15) is 0 Å². The number of terminal acetylenes is 1. The summed E-state index contributed by atoms with van der Waals surface area (Å²) in [7, 11) is 0. The first-order chi connectivity index (χ1) is 8.75. The summed E-state index contributed by atoms with van der Waals surface area (Å²) in [6.07, 6.45) is 5.40. The molecule has 2 aromatic rings. The molecule has 0 unspecified atom stereocenters. The first-order valence-corrected chi connectivity index (χ1v) is 5.68. The minimum Gasteiger partial charge on any atom is -0.508 e. The number of halogens is 1. The van der Waals surface area contributed by atoms with E-state index in [2.05, 4.69) is 5.92 Å². The summed E-state index contributed by atoms with van der Waals surface area (Å²) in [5.41, 5.74) is 0.570. The Bertz CT molecular complexity index is 705. The third-order valence-corrected chi connectivity index (χ3v) is 2.93. The van der Waals surface area contributed by atoms with Crippen molar-refractivity contribution in [2.24, 2.45) is 0 Å². The molecular formula is C16H15FO. The molecular weight excluding hydrogens is 227 g/mol. The average molecular weight is 243 g/mol. The number of benzene rings is 2. The van der Waals surface area contributed by atoms with E-state index in [1.807, 2.05) is 20.8 Å². The fourth-order valence-corrected chi connectivity index (χ4v) is 2.09. The molecule has 0 aliphatic heterocycles. The minimum absolute atomic E-state index is 0.0893. The summed E-state index contributed by atoms with van der Waals surface area (Å²) in [6, 6.07) is 4.24. The lowest BCUT2D eigenvalue weighted by Crippen LogP contribution is -2.12. The lowest BCUT2D eigenvalue weighted by molar-refractivity contribution is 0.472. The van der Waals surface area contributed by atoms with Crippen LogP contribution in [-0.2, 0) is 5.41 Å². The van der Waals surface area contributed by atoms with Crippen molar-refractivity contribution in [1.29, 1.82) is 0 Å². The monoisotopic (exact) mass is 243 g/mol. The second kappa shape index (κ2) is 4.03. The molecule has 1 N–H and O–H groups in total. The molecule has 0 saturated carbocycles. The van der Waals surface area contributed by atoms with Crippen molar-refractivity contribution in [1.82, 2.24) is 0 Å². The standard InChI is InChI=1S/C16H15FO/c1-5-12-14(17)7-6-10-8-11(18)9-13(15(10)12)16(2,3)4/h1,6-9,18H,2-4H3/i7D. The molecule has 0 aliphatic rings. The SMILES string of the molecule is [2H]c1cc2cc(O)cc(C(C)(C)C)c2c(C#C)c1F. The van der Waals surface area contributed by atoms with Gasteiger partial charge in [0.1, 0.15) is 11.6 Å². The van der Waals surface area contributed by atoms with Crippen molar-refractivity contribution < 1.29 is 10.9 Å². The zero-order valence-electron chi connectivity index (χ0n) is 11.6. The van der Waals surface area contributed by atoms with Gasteiger partial charge in [-0.1, -0.05) is 32.8 Å². The first-order valence-electron chi connectivity index (χ1n) is 6.18. The van der Waals surface area contributed by atoms with Crippen molar-refractivity contribution in [3.8, 4) is 18.1 Å². The van der Waals surface area contributed by atoms with Gasteiger partial charge in [0.2, 0.25) is 0 Å². The molecule has 0 atom stereocenters.